The average Bonchev–Trinajstić information content (AvgIpc) is 3.33. The third kappa shape index (κ3) is 4.68. The van der Waals surface area contributed by atoms with E-state index in [-0.39, 0.29) is 4.90 Å². The van der Waals surface area contributed by atoms with E-state index in [0.717, 1.165) is 41.6 Å². The highest BCUT2D eigenvalue weighted by atomic mass is 32.2. The molecule has 7 nitrogen and oxygen atoms in total. The molecule has 2 aromatic carbocycles. The molecule has 0 spiro atoms. The molecule has 0 aliphatic heterocycles. The summed E-state index contributed by atoms with van der Waals surface area (Å²) in [7, 11) is -3.77. The van der Waals surface area contributed by atoms with Crippen LogP contribution in [-0.2, 0) is 22.3 Å². The lowest BCUT2D eigenvalue weighted by atomic mass is 10.2. The van der Waals surface area contributed by atoms with Crippen molar-refractivity contribution in [2.45, 2.75) is 49.0 Å². The van der Waals surface area contributed by atoms with E-state index in [4.69, 9.17) is 10.1 Å². The van der Waals surface area contributed by atoms with Crippen LogP contribution in [0.2, 0.25) is 0 Å². The Morgan fingerprint density at radius 3 is 2.74 bits per heavy atom. The van der Waals surface area contributed by atoms with Crippen molar-refractivity contribution in [3.05, 3.63) is 66.2 Å². The number of aromatic nitrogens is 4. The second-order valence-electron chi connectivity index (χ2n) is 7.44. The quantitative estimate of drug-likeness (QED) is 0.400. The second kappa shape index (κ2) is 8.86. The number of rotatable bonds is 8. The maximum atomic E-state index is 11.7. The first-order valence-corrected chi connectivity index (χ1v) is 12.6. The minimum Gasteiger partial charge on any atom is -0.327 e. The lowest BCUT2D eigenvalue weighted by Gasteiger charge is -2.10. The number of hydrogen-bond acceptors (Lipinski definition) is 5. The number of sulfonamides is 1. The fourth-order valence-electron chi connectivity index (χ4n) is 3.51. The van der Waals surface area contributed by atoms with E-state index in [0.29, 0.717) is 11.3 Å². The van der Waals surface area contributed by atoms with Crippen molar-refractivity contribution in [1.29, 1.82) is 0 Å². The van der Waals surface area contributed by atoms with Gasteiger partial charge in [-0.1, -0.05) is 37.2 Å². The van der Waals surface area contributed by atoms with E-state index in [1.54, 1.807) is 36.2 Å². The molecule has 0 bridgehead atoms. The number of primary sulfonamides is 1. The molecule has 162 valence electrons. The van der Waals surface area contributed by atoms with E-state index in [1.165, 1.54) is 5.56 Å². The van der Waals surface area contributed by atoms with E-state index in [2.05, 4.69) is 46.2 Å². The van der Waals surface area contributed by atoms with Gasteiger partial charge < -0.3 is 4.57 Å². The normalized spacial score (nSPS) is 12.0. The summed E-state index contributed by atoms with van der Waals surface area (Å²) in [5, 5.41) is 6.18. The zero-order valence-corrected chi connectivity index (χ0v) is 19.2. The number of imidazole rings is 2. The highest BCUT2D eigenvalue weighted by Gasteiger charge is 2.16. The van der Waals surface area contributed by atoms with Gasteiger partial charge in [-0.2, -0.15) is 0 Å². The van der Waals surface area contributed by atoms with Crippen molar-refractivity contribution in [3.8, 4) is 5.69 Å². The van der Waals surface area contributed by atoms with Crippen LogP contribution in [0.3, 0.4) is 0 Å². The Kier molecular flexibility index (Phi) is 6.17. The van der Waals surface area contributed by atoms with Gasteiger partial charge in [-0.05, 0) is 49.2 Å². The molecular weight excluding hydrogens is 430 g/mol. The van der Waals surface area contributed by atoms with E-state index in [1.807, 2.05) is 12.3 Å². The van der Waals surface area contributed by atoms with Crippen LogP contribution in [0.4, 0.5) is 0 Å². The molecule has 4 aromatic rings. The van der Waals surface area contributed by atoms with Gasteiger partial charge in [-0.25, -0.2) is 23.5 Å². The summed E-state index contributed by atoms with van der Waals surface area (Å²) >= 11 is 1.61. The molecule has 0 fully saturated rings. The third-order valence-electron chi connectivity index (χ3n) is 5.08. The number of nitrogens with two attached hydrogens (primary N) is 1. The molecule has 0 aliphatic carbocycles. The topological polar surface area (TPSA) is 95.8 Å². The largest absolute Gasteiger partial charge is 0.327 e. The van der Waals surface area contributed by atoms with Crippen LogP contribution in [0.5, 0.6) is 0 Å². The van der Waals surface area contributed by atoms with E-state index >= 15 is 0 Å². The monoisotopic (exact) mass is 455 g/mol. The molecule has 9 heteroatoms. The first-order chi connectivity index (χ1) is 14.9. The zero-order chi connectivity index (χ0) is 22.0. The Morgan fingerprint density at radius 1 is 1.16 bits per heavy atom. The van der Waals surface area contributed by atoms with Gasteiger partial charge in [0.15, 0.2) is 5.16 Å². The summed E-state index contributed by atoms with van der Waals surface area (Å²) in [4.78, 5) is 9.34. The summed E-state index contributed by atoms with van der Waals surface area (Å²) in [6, 6.07) is 13.2. The highest BCUT2D eigenvalue weighted by molar-refractivity contribution is 7.98. The van der Waals surface area contributed by atoms with Gasteiger partial charge in [0.2, 0.25) is 10.0 Å². The number of nitrogens with zero attached hydrogens (tertiary/aromatic N) is 4. The predicted octanol–water partition coefficient (Wildman–Crippen LogP) is 4.27. The van der Waals surface area contributed by atoms with Gasteiger partial charge in [0, 0.05) is 24.6 Å². The third-order valence-corrected chi connectivity index (χ3v) is 6.95. The van der Waals surface area contributed by atoms with Crippen LogP contribution >= 0.6 is 11.8 Å². The predicted molar refractivity (Wildman–Crippen MR) is 124 cm³/mol. The fourth-order valence-corrected chi connectivity index (χ4v) is 4.97. The standard InChI is InChI=1S/C22H25N5O2S2/c1-3-4-11-27-20-9-8-18(31(23,28)29)14-19(20)25-21(27)15-30-22-24-10-12-26(22)17-7-5-6-16(2)13-17/h5-10,12-14H,3-4,11,15H2,1-2H3,(H2,23,28,29). The van der Waals surface area contributed by atoms with Crippen LogP contribution < -0.4 is 5.14 Å². The molecule has 0 saturated carbocycles. The zero-order valence-electron chi connectivity index (χ0n) is 17.5. The molecule has 2 aromatic heterocycles. The van der Waals surface area contributed by atoms with Crippen LogP contribution in [-0.4, -0.2) is 27.5 Å². The van der Waals surface area contributed by atoms with E-state index in [9.17, 15) is 8.42 Å². The number of benzene rings is 2. The molecule has 0 radical (unpaired) electrons. The first kappa shape index (κ1) is 21.6. The number of thioether (sulfide) groups is 1. The van der Waals surface area contributed by atoms with Crippen molar-refractivity contribution in [2.75, 3.05) is 0 Å². The summed E-state index contributed by atoms with van der Waals surface area (Å²) in [6.07, 6.45) is 5.82. The van der Waals surface area contributed by atoms with Crippen LogP contribution in [0.1, 0.15) is 31.2 Å². The van der Waals surface area contributed by atoms with Crippen LogP contribution in [0.25, 0.3) is 16.7 Å². The number of unbranched alkanes of at least 4 members (excludes halogenated alkanes) is 1. The smallest absolute Gasteiger partial charge is 0.238 e. The molecule has 2 heterocycles. The van der Waals surface area contributed by atoms with Gasteiger partial charge in [0.1, 0.15) is 5.82 Å². The average molecular weight is 456 g/mol. The van der Waals surface area contributed by atoms with Gasteiger partial charge in [-0.15, -0.1) is 0 Å². The summed E-state index contributed by atoms with van der Waals surface area (Å²) in [5.74, 6) is 1.50. The first-order valence-electron chi connectivity index (χ1n) is 10.1. The van der Waals surface area contributed by atoms with Gasteiger partial charge in [-0.3, -0.25) is 4.57 Å². The fraction of sp³-hybridized carbons (Fsp3) is 0.273. The Balaban J connectivity index is 1.66. The maximum Gasteiger partial charge on any atom is 0.238 e. The minimum atomic E-state index is -3.77. The Morgan fingerprint density at radius 2 is 2.00 bits per heavy atom. The summed E-state index contributed by atoms with van der Waals surface area (Å²) in [6.45, 7) is 5.04. The van der Waals surface area contributed by atoms with Crippen molar-refractivity contribution >= 4 is 32.8 Å². The van der Waals surface area contributed by atoms with Crippen molar-refractivity contribution in [2.24, 2.45) is 5.14 Å². The second-order valence-corrected chi connectivity index (χ2v) is 9.94. The SMILES string of the molecule is CCCCn1c(CSc2nccn2-c2cccc(C)c2)nc2cc(S(N)(=O)=O)ccc21. The van der Waals surface area contributed by atoms with Gasteiger partial charge in [0.05, 0.1) is 21.7 Å². The Labute approximate surface area is 186 Å². The highest BCUT2D eigenvalue weighted by Crippen LogP contribution is 2.27. The van der Waals surface area contributed by atoms with Crippen molar-refractivity contribution < 1.29 is 8.42 Å². The Hall–Kier alpha value is -2.62. The molecule has 0 aliphatic rings. The van der Waals surface area contributed by atoms with Crippen molar-refractivity contribution in [3.63, 3.8) is 0 Å². The molecule has 0 atom stereocenters. The lowest BCUT2D eigenvalue weighted by Crippen LogP contribution is -2.11. The van der Waals surface area contributed by atoms with E-state index < -0.39 is 10.0 Å². The Bertz CT molecular complexity index is 1320. The van der Waals surface area contributed by atoms with Gasteiger partial charge >= 0.3 is 0 Å². The number of aryl methyl sites for hydroxylation is 2. The molecule has 4 rings (SSSR count). The van der Waals surface area contributed by atoms with Crippen molar-refractivity contribution in [1.82, 2.24) is 19.1 Å². The molecule has 2 N–H and O–H groups in total. The maximum absolute atomic E-state index is 11.7. The summed E-state index contributed by atoms with van der Waals surface area (Å²) < 4.78 is 27.7. The molecule has 31 heavy (non-hydrogen) atoms. The molecule has 0 saturated heterocycles. The molecule has 0 unspecified atom stereocenters. The number of hydrogen-bond donors (Lipinski definition) is 1. The molecule has 0 amide bonds. The van der Waals surface area contributed by atoms with Gasteiger partial charge in [0.25, 0.3) is 0 Å². The summed E-state index contributed by atoms with van der Waals surface area (Å²) in [5.41, 5.74) is 3.81. The lowest BCUT2D eigenvalue weighted by molar-refractivity contribution is 0.598. The van der Waals surface area contributed by atoms with Crippen LogP contribution in [0.15, 0.2) is 64.9 Å². The number of fused-ring (bicyclic) bond motifs is 1. The van der Waals surface area contributed by atoms with Crippen LogP contribution in [0, 0.1) is 6.92 Å². The minimum absolute atomic E-state index is 0.0781. The molecular formula is C22H25N5O2S2.